The number of aliphatic imine (C=N–C) groups is 1. The third-order valence-corrected chi connectivity index (χ3v) is 4.45. The molecule has 0 amide bonds. The molecule has 1 aromatic rings. The van der Waals surface area contributed by atoms with E-state index in [0.717, 1.165) is 6.54 Å². The molecule has 0 atom stereocenters. The lowest BCUT2D eigenvalue weighted by Gasteiger charge is -2.09. The summed E-state index contributed by atoms with van der Waals surface area (Å²) in [6.45, 7) is 1.44. The third kappa shape index (κ3) is 3.89. The first-order valence-corrected chi connectivity index (χ1v) is 6.91. The molecule has 18 heavy (non-hydrogen) atoms. The third-order valence-electron chi connectivity index (χ3n) is 2.14. The van der Waals surface area contributed by atoms with Crippen molar-refractivity contribution in [2.24, 2.45) is 4.99 Å². The van der Waals surface area contributed by atoms with Gasteiger partial charge in [0, 0.05) is 18.3 Å². The van der Waals surface area contributed by atoms with Gasteiger partial charge in [0.2, 0.25) is 0 Å². The summed E-state index contributed by atoms with van der Waals surface area (Å²) in [5.74, 6) is 0. The van der Waals surface area contributed by atoms with E-state index in [2.05, 4.69) is 4.99 Å². The standard InChI is InChI=1S/C11H11Cl5N2/c1-18(2)4-3-17-5-6-7(12)9(14)11(16)10(15)8(6)13/h5H,3-4H2,1-2H3. The fourth-order valence-corrected chi connectivity index (χ4v) is 2.40. The maximum absolute atomic E-state index is 6.06. The number of rotatable bonds is 4. The molecule has 0 spiro atoms. The molecule has 1 aromatic carbocycles. The molecule has 0 fully saturated rings. The maximum Gasteiger partial charge on any atom is 0.0809 e. The average Bonchev–Trinajstić information content (AvgIpc) is 2.32. The molecule has 0 saturated heterocycles. The first-order valence-electron chi connectivity index (χ1n) is 5.02. The summed E-state index contributed by atoms with van der Waals surface area (Å²) in [4.78, 5) is 6.24. The molecule has 2 nitrogen and oxygen atoms in total. The molecule has 0 saturated carbocycles. The van der Waals surface area contributed by atoms with E-state index in [1.807, 2.05) is 19.0 Å². The molecule has 7 heteroatoms. The first-order chi connectivity index (χ1) is 8.36. The van der Waals surface area contributed by atoms with Gasteiger partial charge >= 0.3 is 0 Å². The molecule has 0 heterocycles. The Hall–Kier alpha value is 0.300. The van der Waals surface area contributed by atoms with Gasteiger partial charge in [-0.3, -0.25) is 4.99 Å². The quantitative estimate of drug-likeness (QED) is 0.428. The highest BCUT2D eigenvalue weighted by Crippen LogP contribution is 2.43. The second-order valence-electron chi connectivity index (χ2n) is 3.82. The maximum atomic E-state index is 6.06. The van der Waals surface area contributed by atoms with Crippen LogP contribution in [0.25, 0.3) is 0 Å². The van der Waals surface area contributed by atoms with Crippen LogP contribution in [-0.2, 0) is 0 Å². The van der Waals surface area contributed by atoms with E-state index in [1.54, 1.807) is 6.21 Å². The van der Waals surface area contributed by atoms with Gasteiger partial charge < -0.3 is 4.90 Å². The molecule has 0 aromatic heterocycles. The van der Waals surface area contributed by atoms with E-state index in [1.165, 1.54) is 0 Å². The van der Waals surface area contributed by atoms with Crippen LogP contribution in [0.1, 0.15) is 5.56 Å². The van der Waals surface area contributed by atoms with Gasteiger partial charge in [-0.25, -0.2) is 0 Å². The van der Waals surface area contributed by atoms with Crippen molar-refractivity contribution in [1.29, 1.82) is 0 Å². The van der Waals surface area contributed by atoms with Gasteiger partial charge in [0.05, 0.1) is 31.7 Å². The smallest absolute Gasteiger partial charge is 0.0809 e. The zero-order chi connectivity index (χ0) is 13.9. The lowest BCUT2D eigenvalue weighted by Crippen LogP contribution is -2.15. The van der Waals surface area contributed by atoms with Crippen LogP contribution in [-0.4, -0.2) is 38.3 Å². The van der Waals surface area contributed by atoms with Gasteiger partial charge in [-0.15, -0.1) is 0 Å². The highest BCUT2D eigenvalue weighted by molar-refractivity contribution is 6.56. The summed E-state index contributed by atoms with van der Waals surface area (Å²) in [6, 6.07) is 0. The van der Waals surface area contributed by atoms with Crippen LogP contribution in [0.15, 0.2) is 4.99 Å². The molecule has 0 aliphatic carbocycles. The summed E-state index contributed by atoms with van der Waals surface area (Å²) in [6.07, 6.45) is 1.56. The number of hydrogen-bond donors (Lipinski definition) is 0. The Morgan fingerprint density at radius 1 is 0.889 bits per heavy atom. The molecular weight excluding hydrogens is 337 g/mol. The Balaban J connectivity index is 3.03. The van der Waals surface area contributed by atoms with Crippen molar-refractivity contribution < 1.29 is 0 Å². The van der Waals surface area contributed by atoms with Crippen molar-refractivity contribution in [2.45, 2.75) is 0 Å². The van der Waals surface area contributed by atoms with Crippen LogP contribution in [0.4, 0.5) is 0 Å². The summed E-state index contributed by atoms with van der Waals surface area (Å²) in [7, 11) is 3.93. The predicted octanol–water partition coefficient (Wildman–Crippen LogP) is 4.93. The first kappa shape index (κ1) is 16.4. The van der Waals surface area contributed by atoms with Crippen molar-refractivity contribution in [1.82, 2.24) is 4.90 Å². The van der Waals surface area contributed by atoms with Crippen molar-refractivity contribution in [3.05, 3.63) is 30.7 Å². The number of hydrogen-bond acceptors (Lipinski definition) is 2. The van der Waals surface area contributed by atoms with Gasteiger partial charge in [-0.2, -0.15) is 0 Å². The van der Waals surface area contributed by atoms with E-state index < -0.39 is 0 Å². The number of likely N-dealkylation sites (N-methyl/N-ethyl adjacent to an activating group) is 1. The predicted molar refractivity (Wildman–Crippen MR) is 82.5 cm³/mol. The average molecular weight is 348 g/mol. The lowest BCUT2D eigenvalue weighted by molar-refractivity contribution is 0.421. The van der Waals surface area contributed by atoms with Crippen molar-refractivity contribution in [3.63, 3.8) is 0 Å². The second-order valence-corrected chi connectivity index (χ2v) is 5.71. The van der Waals surface area contributed by atoms with Crippen LogP contribution in [0.2, 0.25) is 25.1 Å². The van der Waals surface area contributed by atoms with Crippen molar-refractivity contribution in [3.8, 4) is 0 Å². The van der Waals surface area contributed by atoms with Crippen LogP contribution in [0.3, 0.4) is 0 Å². The Bertz CT molecular complexity index is 442. The van der Waals surface area contributed by atoms with E-state index in [4.69, 9.17) is 58.0 Å². The molecule has 0 bridgehead atoms. The molecule has 0 radical (unpaired) electrons. The molecule has 0 unspecified atom stereocenters. The number of halogens is 5. The number of nitrogens with zero attached hydrogens (tertiary/aromatic N) is 2. The van der Waals surface area contributed by atoms with Crippen molar-refractivity contribution >= 4 is 64.2 Å². The SMILES string of the molecule is CN(C)CCN=Cc1c(Cl)c(Cl)c(Cl)c(Cl)c1Cl. The van der Waals surface area contributed by atoms with E-state index in [0.29, 0.717) is 12.1 Å². The van der Waals surface area contributed by atoms with Crippen LogP contribution in [0.5, 0.6) is 0 Å². The minimum Gasteiger partial charge on any atom is -0.308 e. The molecule has 1 rings (SSSR count). The Morgan fingerprint density at radius 3 is 1.78 bits per heavy atom. The minimum atomic E-state index is 0.152. The van der Waals surface area contributed by atoms with Crippen molar-refractivity contribution in [2.75, 3.05) is 27.2 Å². The van der Waals surface area contributed by atoms with Crippen LogP contribution in [0, 0.1) is 0 Å². The molecule has 0 aliphatic rings. The Kier molecular flexibility index (Phi) is 6.52. The number of benzene rings is 1. The van der Waals surface area contributed by atoms with Crippen LogP contribution >= 0.6 is 58.0 Å². The second kappa shape index (κ2) is 7.18. The zero-order valence-electron chi connectivity index (χ0n) is 9.78. The highest BCUT2D eigenvalue weighted by Gasteiger charge is 2.17. The molecular formula is C11H11Cl5N2. The van der Waals surface area contributed by atoms with E-state index in [9.17, 15) is 0 Å². The molecule has 0 N–H and O–H groups in total. The van der Waals surface area contributed by atoms with E-state index in [-0.39, 0.29) is 25.1 Å². The fraction of sp³-hybridized carbons (Fsp3) is 0.364. The van der Waals surface area contributed by atoms with Gasteiger partial charge in [0.25, 0.3) is 0 Å². The van der Waals surface area contributed by atoms with Gasteiger partial charge in [-0.1, -0.05) is 58.0 Å². The van der Waals surface area contributed by atoms with Gasteiger partial charge in [-0.05, 0) is 14.1 Å². The summed E-state index contributed by atoms with van der Waals surface area (Å²) < 4.78 is 0. The van der Waals surface area contributed by atoms with Gasteiger partial charge in [0.15, 0.2) is 0 Å². The summed E-state index contributed by atoms with van der Waals surface area (Å²) in [5, 5.41) is 1.02. The lowest BCUT2D eigenvalue weighted by atomic mass is 10.2. The molecule has 100 valence electrons. The summed E-state index contributed by atoms with van der Waals surface area (Å²) in [5.41, 5.74) is 0.483. The zero-order valence-corrected chi connectivity index (χ0v) is 13.6. The minimum absolute atomic E-state index is 0.152. The topological polar surface area (TPSA) is 15.6 Å². The Morgan fingerprint density at radius 2 is 1.33 bits per heavy atom. The fourth-order valence-electron chi connectivity index (χ4n) is 1.15. The van der Waals surface area contributed by atoms with E-state index >= 15 is 0 Å². The Labute approximate surface area is 131 Å². The summed E-state index contributed by atoms with van der Waals surface area (Å²) >= 11 is 29.9. The van der Waals surface area contributed by atoms with Gasteiger partial charge in [0.1, 0.15) is 0 Å². The largest absolute Gasteiger partial charge is 0.308 e. The highest BCUT2D eigenvalue weighted by atomic mass is 35.5. The monoisotopic (exact) mass is 346 g/mol. The normalized spacial score (nSPS) is 11.8. The molecule has 0 aliphatic heterocycles. The van der Waals surface area contributed by atoms with Crippen LogP contribution < -0.4 is 0 Å².